The van der Waals surface area contributed by atoms with Gasteiger partial charge >= 0.3 is 11.9 Å². The maximum Gasteiger partial charge on any atom is 0.337 e. The molecule has 0 saturated carbocycles. The number of hydrogen-bond donors (Lipinski definition) is 2. The van der Waals surface area contributed by atoms with Gasteiger partial charge in [-0.3, -0.25) is 4.79 Å². The maximum atomic E-state index is 12.6. The van der Waals surface area contributed by atoms with Gasteiger partial charge in [-0.05, 0) is 68.0 Å². The number of nitriles is 1. The van der Waals surface area contributed by atoms with Gasteiger partial charge in [-0.2, -0.15) is 5.26 Å². The molecule has 0 aliphatic heterocycles. The molecule has 8 nitrogen and oxygen atoms in total. The average molecular weight is 443 g/mol. The summed E-state index contributed by atoms with van der Waals surface area (Å²) in [6.45, 7) is 3.71. The summed E-state index contributed by atoms with van der Waals surface area (Å²) >= 11 is 0. The van der Waals surface area contributed by atoms with Gasteiger partial charge in [0.15, 0.2) is 0 Å². The first-order valence-electron chi connectivity index (χ1n) is 9.89. The van der Waals surface area contributed by atoms with Crippen molar-refractivity contribution in [2.24, 2.45) is 0 Å². The van der Waals surface area contributed by atoms with E-state index in [0.717, 1.165) is 17.1 Å². The number of aromatic carboxylic acids is 1. The molecule has 1 amide bonds. The Bertz CT molecular complexity index is 1330. The molecule has 1 heterocycles. The quantitative estimate of drug-likeness (QED) is 0.336. The molecule has 8 heteroatoms. The fourth-order valence-electron chi connectivity index (χ4n) is 3.45. The van der Waals surface area contributed by atoms with Gasteiger partial charge in [-0.15, -0.1) is 0 Å². The largest absolute Gasteiger partial charge is 0.478 e. The number of anilines is 1. The third-order valence-electron chi connectivity index (χ3n) is 5.03. The minimum Gasteiger partial charge on any atom is -0.478 e. The topological polar surface area (TPSA) is 121 Å². The fourth-order valence-corrected chi connectivity index (χ4v) is 3.45. The molecule has 0 aliphatic carbocycles. The molecule has 0 aliphatic rings. The lowest BCUT2D eigenvalue weighted by Gasteiger charge is -2.11. The van der Waals surface area contributed by atoms with Crippen LogP contribution in [-0.4, -0.2) is 34.6 Å². The van der Waals surface area contributed by atoms with Crippen LogP contribution in [0.1, 0.15) is 37.7 Å². The van der Waals surface area contributed by atoms with Gasteiger partial charge in [-0.1, -0.05) is 12.1 Å². The van der Waals surface area contributed by atoms with Crippen molar-refractivity contribution in [1.29, 1.82) is 5.26 Å². The SMILES string of the molecule is COC(=O)c1cccc(-n2c(C)cc(/C=C(/C#N)C(=O)Nc3cccc(C(=O)O)c3)c2C)c1. The van der Waals surface area contributed by atoms with E-state index >= 15 is 0 Å². The molecule has 0 radical (unpaired) electrons. The first kappa shape index (κ1) is 23.0. The normalized spacial score (nSPS) is 10.9. The van der Waals surface area contributed by atoms with E-state index in [4.69, 9.17) is 9.84 Å². The van der Waals surface area contributed by atoms with Gasteiger partial charge in [-0.25, -0.2) is 9.59 Å². The number of methoxy groups -OCH3 is 1. The van der Waals surface area contributed by atoms with Crippen molar-refractivity contribution >= 4 is 29.6 Å². The number of aromatic nitrogens is 1. The van der Waals surface area contributed by atoms with Crippen LogP contribution in [0.4, 0.5) is 5.69 Å². The number of rotatable bonds is 6. The van der Waals surface area contributed by atoms with Crippen molar-refractivity contribution in [3.05, 3.63) is 88.2 Å². The zero-order valence-corrected chi connectivity index (χ0v) is 18.2. The Kier molecular flexibility index (Phi) is 6.74. The molecule has 0 fully saturated rings. The third-order valence-corrected chi connectivity index (χ3v) is 5.03. The number of ether oxygens (including phenoxy) is 1. The van der Waals surface area contributed by atoms with Gasteiger partial charge in [0.1, 0.15) is 11.6 Å². The maximum absolute atomic E-state index is 12.6. The highest BCUT2D eigenvalue weighted by atomic mass is 16.5. The van der Waals surface area contributed by atoms with Crippen LogP contribution in [0.15, 0.2) is 60.2 Å². The van der Waals surface area contributed by atoms with E-state index in [1.165, 1.54) is 31.4 Å². The Balaban J connectivity index is 1.93. The lowest BCUT2D eigenvalue weighted by Crippen LogP contribution is -2.14. The first-order chi connectivity index (χ1) is 15.7. The van der Waals surface area contributed by atoms with E-state index in [2.05, 4.69) is 5.32 Å². The highest BCUT2D eigenvalue weighted by Gasteiger charge is 2.16. The molecular weight excluding hydrogens is 422 g/mol. The standard InChI is InChI=1S/C25H21N3O5/c1-15-10-19(16(2)28(15)22-9-5-7-18(13-22)25(32)33-3)11-20(14-26)23(29)27-21-8-4-6-17(12-21)24(30)31/h4-13H,1-3H3,(H,27,29)(H,30,31)/b20-11-. The smallest absolute Gasteiger partial charge is 0.337 e. The lowest BCUT2D eigenvalue weighted by molar-refractivity contribution is -0.112. The van der Waals surface area contributed by atoms with Crippen molar-refractivity contribution < 1.29 is 24.2 Å². The zero-order valence-electron chi connectivity index (χ0n) is 18.2. The summed E-state index contributed by atoms with van der Waals surface area (Å²) < 4.78 is 6.69. The number of amides is 1. The second kappa shape index (κ2) is 9.66. The molecule has 3 aromatic rings. The molecule has 166 valence electrons. The van der Waals surface area contributed by atoms with Crippen LogP contribution in [0.25, 0.3) is 11.8 Å². The van der Waals surface area contributed by atoms with Crippen LogP contribution >= 0.6 is 0 Å². The Morgan fingerprint density at radius 3 is 2.42 bits per heavy atom. The van der Waals surface area contributed by atoms with Crippen LogP contribution in [0.3, 0.4) is 0 Å². The number of carbonyl (C=O) groups is 3. The summed E-state index contributed by atoms with van der Waals surface area (Å²) in [5.41, 5.74) is 3.55. The number of aryl methyl sites for hydroxylation is 1. The molecular formula is C25H21N3O5. The predicted octanol–water partition coefficient (Wildman–Crippen LogP) is 4.12. The van der Waals surface area contributed by atoms with Crippen LogP contribution in [0, 0.1) is 25.2 Å². The molecule has 0 bridgehead atoms. The minimum absolute atomic E-state index is 0.0213. The van der Waals surface area contributed by atoms with E-state index in [0.29, 0.717) is 11.1 Å². The Hall–Kier alpha value is -4.64. The Labute approximate surface area is 190 Å². The molecule has 0 atom stereocenters. The molecule has 0 unspecified atom stereocenters. The highest BCUT2D eigenvalue weighted by Crippen LogP contribution is 2.24. The van der Waals surface area contributed by atoms with Crippen LogP contribution in [-0.2, 0) is 9.53 Å². The van der Waals surface area contributed by atoms with Crippen molar-refractivity contribution in [3.63, 3.8) is 0 Å². The third kappa shape index (κ3) is 4.99. The average Bonchev–Trinajstić information content (AvgIpc) is 3.09. The van der Waals surface area contributed by atoms with Crippen LogP contribution in [0.2, 0.25) is 0 Å². The van der Waals surface area contributed by atoms with Crippen molar-refractivity contribution in [1.82, 2.24) is 4.57 Å². The minimum atomic E-state index is -1.12. The van der Waals surface area contributed by atoms with E-state index in [9.17, 15) is 19.6 Å². The molecule has 2 aromatic carbocycles. The number of nitrogens with one attached hydrogen (secondary N) is 1. The van der Waals surface area contributed by atoms with E-state index in [1.54, 1.807) is 24.3 Å². The summed E-state index contributed by atoms with van der Waals surface area (Å²) in [6, 6.07) is 16.4. The van der Waals surface area contributed by atoms with Crippen LogP contribution in [0.5, 0.6) is 0 Å². The van der Waals surface area contributed by atoms with E-state index < -0.39 is 17.8 Å². The van der Waals surface area contributed by atoms with Crippen LogP contribution < -0.4 is 5.32 Å². The lowest BCUT2D eigenvalue weighted by atomic mass is 10.1. The van der Waals surface area contributed by atoms with Gasteiger partial charge in [0.2, 0.25) is 0 Å². The molecule has 33 heavy (non-hydrogen) atoms. The van der Waals surface area contributed by atoms with E-state index in [-0.39, 0.29) is 16.8 Å². The first-order valence-corrected chi connectivity index (χ1v) is 9.89. The molecule has 3 rings (SSSR count). The summed E-state index contributed by atoms with van der Waals surface area (Å²) in [7, 11) is 1.32. The monoisotopic (exact) mass is 443 g/mol. The molecule has 1 aromatic heterocycles. The highest BCUT2D eigenvalue weighted by molar-refractivity contribution is 6.10. The molecule has 0 spiro atoms. The zero-order chi connectivity index (χ0) is 24.1. The molecule has 0 saturated heterocycles. The summed E-state index contributed by atoms with van der Waals surface area (Å²) in [5, 5.41) is 21.2. The van der Waals surface area contributed by atoms with Gasteiger partial charge in [0.05, 0.1) is 18.2 Å². The van der Waals surface area contributed by atoms with E-state index in [1.807, 2.05) is 36.6 Å². The number of carboxylic acids is 1. The number of esters is 1. The summed E-state index contributed by atoms with van der Waals surface area (Å²) in [6.07, 6.45) is 1.47. The predicted molar refractivity (Wildman–Crippen MR) is 122 cm³/mol. The van der Waals surface area contributed by atoms with Gasteiger partial charge in [0.25, 0.3) is 5.91 Å². The fraction of sp³-hybridized carbons (Fsp3) is 0.120. The second-order valence-electron chi connectivity index (χ2n) is 7.21. The summed E-state index contributed by atoms with van der Waals surface area (Å²) in [5.74, 6) is -2.22. The number of carboxylic acid groups (broad SMARTS) is 1. The number of benzene rings is 2. The second-order valence-corrected chi connectivity index (χ2v) is 7.21. The molecule has 2 N–H and O–H groups in total. The number of nitrogens with zero attached hydrogens (tertiary/aromatic N) is 2. The van der Waals surface area contributed by atoms with Gasteiger partial charge < -0.3 is 19.7 Å². The summed E-state index contributed by atoms with van der Waals surface area (Å²) in [4.78, 5) is 35.7. The Morgan fingerprint density at radius 2 is 1.76 bits per heavy atom. The van der Waals surface area contributed by atoms with Gasteiger partial charge in [0, 0.05) is 22.8 Å². The van der Waals surface area contributed by atoms with Crippen molar-refractivity contribution in [2.75, 3.05) is 12.4 Å². The van der Waals surface area contributed by atoms with Crippen molar-refractivity contribution in [2.45, 2.75) is 13.8 Å². The number of carbonyl (C=O) groups excluding carboxylic acids is 2. The Morgan fingerprint density at radius 1 is 1.06 bits per heavy atom. The van der Waals surface area contributed by atoms with Crippen molar-refractivity contribution in [3.8, 4) is 11.8 Å². The number of hydrogen-bond acceptors (Lipinski definition) is 5.